The van der Waals surface area contributed by atoms with Crippen LogP contribution in [0.5, 0.6) is 23.0 Å². The van der Waals surface area contributed by atoms with Crippen molar-refractivity contribution < 1.29 is 23.7 Å². The number of methoxy groups -OCH3 is 4. The Labute approximate surface area is 216 Å². The van der Waals surface area contributed by atoms with E-state index >= 15 is 0 Å². The summed E-state index contributed by atoms with van der Waals surface area (Å²) in [4.78, 5) is 18.4. The van der Waals surface area contributed by atoms with E-state index in [1.807, 2.05) is 66.7 Å². The zero-order valence-electron chi connectivity index (χ0n) is 21.4. The van der Waals surface area contributed by atoms with Gasteiger partial charge in [-0.3, -0.25) is 9.78 Å². The Balaban J connectivity index is 1.51. The number of carbonyl (C=O) groups excluding carboxylic acids is 1. The van der Waals surface area contributed by atoms with Gasteiger partial charge in [0, 0.05) is 11.6 Å². The molecule has 7 heteroatoms. The fraction of sp³-hybridized carbons (Fsp3) is 0.267. The summed E-state index contributed by atoms with van der Waals surface area (Å²) >= 11 is 0. The molecule has 0 aliphatic heterocycles. The van der Waals surface area contributed by atoms with Gasteiger partial charge in [-0.25, -0.2) is 0 Å². The molecule has 0 bridgehead atoms. The van der Waals surface area contributed by atoms with Gasteiger partial charge in [0.15, 0.2) is 23.0 Å². The molecule has 1 unspecified atom stereocenters. The summed E-state index contributed by atoms with van der Waals surface area (Å²) in [7, 11) is 6.46. The Morgan fingerprint density at radius 3 is 1.89 bits per heavy atom. The van der Waals surface area contributed by atoms with Gasteiger partial charge in [-0.15, -0.1) is 0 Å². The molecule has 1 N–H and O–H groups in total. The molecule has 1 heterocycles. The average molecular weight is 499 g/mol. The highest BCUT2D eigenvalue weighted by molar-refractivity contribution is 6.02. The first-order valence-electron chi connectivity index (χ1n) is 12.2. The number of anilines is 1. The molecule has 0 spiro atoms. The second-order valence-electron chi connectivity index (χ2n) is 9.07. The van der Waals surface area contributed by atoms with E-state index in [4.69, 9.17) is 18.9 Å². The third-order valence-electron chi connectivity index (χ3n) is 7.24. The van der Waals surface area contributed by atoms with Crippen molar-refractivity contribution in [3.8, 4) is 23.0 Å². The molecule has 1 amide bonds. The van der Waals surface area contributed by atoms with Crippen LogP contribution < -0.4 is 24.3 Å². The fourth-order valence-electron chi connectivity index (χ4n) is 5.29. The number of hydrogen-bond acceptors (Lipinski definition) is 6. The minimum atomic E-state index is -0.310. The average Bonchev–Trinajstić information content (AvgIpc) is 2.92. The van der Waals surface area contributed by atoms with Gasteiger partial charge in [-0.1, -0.05) is 30.3 Å². The van der Waals surface area contributed by atoms with E-state index in [9.17, 15) is 4.79 Å². The van der Waals surface area contributed by atoms with Crippen molar-refractivity contribution in [3.63, 3.8) is 0 Å². The van der Waals surface area contributed by atoms with Crippen LogP contribution in [0.15, 0.2) is 72.9 Å². The van der Waals surface area contributed by atoms with Gasteiger partial charge in [0.25, 0.3) is 0 Å². The van der Waals surface area contributed by atoms with Gasteiger partial charge in [0.1, 0.15) is 0 Å². The number of para-hydroxylation sites is 1. The summed E-state index contributed by atoms with van der Waals surface area (Å²) in [6.45, 7) is 0. The number of rotatable bonds is 8. The van der Waals surface area contributed by atoms with Gasteiger partial charge in [-0.05, 0) is 65.8 Å². The summed E-state index contributed by atoms with van der Waals surface area (Å²) < 4.78 is 21.9. The van der Waals surface area contributed by atoms with Crippen LogP contribution in [-0.4, -0.2) is 39.3 Å². The maximum absolute atomic E-state index is 13.9. The molecule has 1 aromatic heterocycles. The molecule has 190 valence electrons. The Bertz CT molecular complexity index is 1370. The molecule has 3 aromatic carbocycles. The lowest BCUT2D eigenvalue weighted by Crippen LogP contribution is -2.42. The smallest absolute Gasteiger partial charge is 0.228 e. The highest BCUT2D eigenvalue weighted by Crippen LogP contribution is 2.55. The van der Waals surface area contributed by atoms with Crippen LogP contribution in [0.3, 0.4) is 0 Å². The summed E-state index contributed by atoms with van der Waals surface area (Å²) in [5.41, 5.74) is 3.53. The summed E-state index contributed by atoms with van der Waals surface area (Å²) in [5, 5.41) is 4.15. The zero-order valence-corrected chi connectivity index (χ0v) is 21.4. The van der Waals surface area contributed by atoms with E-state index in [0.29, 0.717) is 28.7 Å². The maximum atomic E-state index is 13.9. The first-order chi connectivity index (χ1) is 18.1. The van der Waals surface area contributed by atoms with Gasteiger partial charge in [0.05, 0.1) is 45.6 Å². The van der Waals surface area contributed by atoms with Crippen LogP contribution in [0.1, 0.15) is 29.4 Å². The van der Waals surface area contributed by atoms with Crippen molar-refractivity contribution >= 4 is 22.5 Å². The molecule has 1 saturated carbocycles. The van der Waals surface area contributed by atoms with Crippen molar-refractivity contribution in [1.29, 1.82) is 0 Å². The number of hydrogen-bond donors (Lipinski definition) is 1. The zero-order chi connectivity index (χ0) is 25.9. The van der Waals surface area contributed by atoms with E-state index in [0.717, 1.165) is 28.5 Å². The molecule has 0 radical (unpaired) electrons. The normalized spacial score (nSPS) is 18.5. The van der Waals surface area contributed by atoms with Crippen molar-refractivity contribution in [3.05, 3.63) is 84.1 Å². The SMILES string of the molecule is COc1ccc([C@H]2C[C@@H](c3ccc(OC)c(OC)c3)C2C(=O)Nc2cccc3cccnc23)cc1OC. The van der Waals surface area contributed by atoms with Crippen LogP contribution >= 0.6 is 0 Å². The number of nitrogens with zero attached hydrogens (tertiary/aromatic N) is 1. The molecule has 7 nitrogen and oxygen atoms in total. The first-order valence-corrected chi connectivity index (χ1v) is 12.2. The summed E-state index contributed by atoms with van der Waals surface area (Å²) in [6, 6.07) is 21.4. The lowest BCUT2D eigenvalue weighted by molar-refractivity contribution is -0.124. The number of benzene rings is 3. The van der Waals surface area contributed by atoms with Crippen molar-refractivity contribution in [2.45, 2.75) is 18.3 Å². The Hall–Kier alpha value is -4.26. The second kappa shape index (κ2) is 10.4. The van der Waals surface area contributed by atoms with E-state index in [2.05, 4.69) is 10.3 Å². The van der Waals surface area contributed by atoms with Crippen LogP contribution in [0.4, 0.5) is 5.69 Å². The molecular formula is C30H30N2O5. The lowest BCUT2D eigenvalue weighted by Gasteiger charge is -2.44. The summed E-state index contributed by atoms with van der Waals surface area (Å²) in [6.07, 6.45) is 2.54. The lowest BCUT2D eigenvalue weighted by atomic mass is 9.59. The topological polar surface area (TPSA) is 78.9 Å². The predicted octanol–water partition coefficient (Wildman–Crippen LogP) is 5.80. The van der Waals surface area contributed by atoms with E-state index in [-0.39, 0.29) is 23.7 Å². The highest BCUT2D eigenvalue weighted by Gasteiger charge is 2.47. The van der Waals surface area contributed by atoms with Gasteiger partial charge in [-0.2, -0.15) is 0 Å². The molecule has 1 aliphatic rings. The van der Waals surface area contributed by atoms with E-state index in [1.165, 1.54) is 0 Å². The third-order valence-corrected chi connectivity index (χ3v) is 7.24. The molecule has 4 aromatic rings. The predicted molar refractivity (Wildman–Crippen MR) is 143 cm³/mol. The first kappa shape index (κ1) is 24.4. The van der Waals surface area contributed by atoms with Crippen LogP contribution in [-0.2, 0) is 4.79 Å². The Kier molecular flexibility index (Phi) is 6.86. The standard InChI is InChI=1S/C30H30N2O5/c1-34-24-12-10-19(15-26(24)36-3)21-17-22(20-11-13-25(35-2)27(16-20)37-4)28(21)30(33)32-23-9-5-7-18-8-6-14-31-29(18)23/h5-16,21-22,28H,17H2,1-4H3,(H,32,33)/t21-,22+,28?. The molecule has 1 aliphatic carbocycles. The van der Waals surface area contributed by atoms with Crippen molar-refractivity contribution in [2.75, 3.05) is 33.8 Å². The molecule has 5 rings (SSSR count). The van der Waals surface area contributed by atoms with Crippen LogP contribution in [0.25, 0.3) is 10.9 Å². The molecule has 0 saturated heterocycles. The number of pyridine rings is 1. The Morgan fingerprint density at radius 2 is 1.32 bits per heavy atom. The van der Waals surface area contributed by atoms with Gasteiger partial charge >= 0.3 is 0 Å². The van der Waals surface area contributed by atoms with E-state index < -0.39 is 0 Å². The maximum Gasteiger partial charge on any atom is 0.228 e. The number of fused-ring (bicyclic) bond motifs is 1. The largest absolute Gasteiger partial charge is 0.493 e. The minimum Gasteiger partial charge on any atom is -0.493 e. The van der Waals surface area contributed by atoms with Crippen LogP contribution in [0, 0.1) is 5.92 Å². The van der Waals surface area contributed by atoms with Crippen LogP contribution in [0.2, 0.25) is 0 Å². The fourth-order valence-corrected chi connectivity index (χ4v) is 5.29. The number of amides is 1. The minimum absolute atomic E-state index is 0.000776. The molecular weight excluding hydrogens is 468 g/mol. The highest BCUT2D eigenvalue weighted by atomic mass is 16.5. The number of nitrogens with one attached hydrogen (secondary N) is 1. The summed E-state index contributed by atoms with van der Waals surface area (Å²) in [5.74, 6) is 2.24. The van der Waals surface area contributed by atoms with Crippen molar-refractivity contribution in [2.24, 2.45) is 5.92 Å². The second-order valence-corrected chi connectivity index (χ2v) is 9.07. The van der Waals surface area contributed by atoms with Crippen molar-refractivity contribution in [1.82, 2.24) is 4.98 Å². The molecule has 3 atom stereocenters. The monoisotopic (exact) mass is 498 g/mol. The van der Waals surface area contributed by atoms with Gasteiger partial charge < -0.3 is 24.3 Å². The molecule has 1 fully saturated rings. The quantitative estimate of drug-likeness (QED) is 0.331. The third kappa shape index (κ3) is 4.53. The van der Waals surface area contributed by atoms with E-state index in [1.54, 1.807) is 34.6 Å². The molecule has 37 heavy (non-hydrogen) atoms. The number of carbonyl (C=O) groups is 1. The van der Waals surface area contributed by atoms with Gasteiger partial charge in [0.2, 0.25) is 5.91 Å². The number of ether oxygens (including phenoxy) is 4. The number of aromatic nitrogens is 1. The Morgan fingerprint density at radius 1 is 0.757 bits per heavy atom.